The van der Waals surface area contributed by atoms with E-state index in [9.17, 15) is 5.21 Å². The van der Waals surface area contributed by atoms with E-state index in [1.54, 1.807) is 6.20 Å². The fourth-order valence-corrected chi connectivity index (χ4v) is 0.697. The third-order valence-electron chi connectivity index (χ3n) is 1.35. The maximum atomic E-state index is 10.6. The van der Waals surface area contributed by atoms with E-state index in [2.05, 4.69) is 4.98 Å². The Balaban J connectivity index is 2.96. The van der Waals surface area contributed by atoms with Crippen LogP contribution in [0.1, 0.15) is 25.3 Å². The van der Waals surface area contributed by atoms with Crippen molar-refractivity contribution in [3.8, 4) is 0 Å². The number of hydrogen-bond acceptors (Lipinski definition) is 2. The number of nitrogens with zero attached hydrogens (tertiary/aromatic N) is 2. The van der Waals surface area contributed by atoms with E-state index in [0.717, 1.165) is 10.3 Å². The first-order valence-corrected chi connectivity index (χ1v) is 3.24. The summed E-state index contributed by atoms with van der Waals surface area (Å²) in [5.41, 5.74) is 0.970. The molecule has 0 aliphatic heterocycles. The minimum atomic E-state index is 0.369. The van der Waals surface area contributed by atoms with Crippen LogP contribution in [0.3, 0.4) is 0 Å². The molecule has 0 aliphatic carbocycles. The molecule has 10 heavy (non-hydrogen) atoms. The summed E-state index contributed by atoms with van der Waals surface area (Å²) in [6.07, 6.45) is 4.49. The molecule has 0 radical (unpaired) electrons. The fraction of sp³-hybridized carbons (Fsp3) is 0.429. The SMILES string of the molecule is CC(C)c1cnc[n+]([O-])c1. The molecule has 0 bridgehead atoms. The van der Waals surface area contributed by atoms with Crippen molar-refractivity contribution in [3.63, 3.8) is 0 Å². The molecule has 0 spiro atoms. The van der Waals surface area contributed by atoms with Crippen molar-refractivity contribution in [2.45, 2.75) is 19.8 Å². The summed E-state index contributed by atoms with van der Waals surface area (Å²) in [6.45, 7) is 4.05. The molecule has 1 rings (SSSR count). The quantitative estimate of drug-likeness (QED) is 0.426. The summed E-state index contributed by atoms with van der Waals surface area (Å²) < 4.78 is 0.718. The van der Waals surface area contributed by atoms with Crippen LogP contribution in [-0.2, 0) is 0 Å². The van der Waals surface area contributed by atoms with Gasteiger partial charge in [-0.1, -0.05) is 18.8 Å². The minimum absolute atomic E-state index is 0.369. The van der Waals surface area contributed by atoms with Gasteiger partial charge < -0.3 is 5.21 Å². The molecule has 3 nitrogen and oxygen atoms in total. The van der Waals surface area contributed by atoms with Crippen LogP contribution in [-0.4, -0.2) is 4.98 Å². The zero-order valence-corrected chi connectivity index (χ0v) is 6.11. The average Bonchev–Trinajstić information content (AvgIpc) is 1.88. The molecule has 0 saturated carbocycles. The van der Waals surface area contributed by atoms with Crippen molar-refractivity contribution in [2.24, 2.45) is 0 Å². The van der Waals surface area contributed by atoms with E-state index in [-0.39, 0.29) is 0 Å². The standard InChI is InChI=1S/C7H10N2O/c1-6(2)7-3-8-5-9(10)4-7/h3-6H,1-2H3. The maximum Gasteiger partial charge on any atom is 0.289 e. The molecule has 0 unspecified atom stereocenters. The molecule has 0 saturated heterocycles. The van der Waals surface area contributed by atoms with Gasteiger partial charge in [0.1, 0.15) is 12.4 Å². The van der Waals surface area contributed by atoms with Crippen LogP contribution in [0.4, 0.5) is 0 Å². The van der Waals surface area contributed by atoms with Crippen LogP contribution in [0.2, 0.25) is 0 Å². The van der Waals surface area contributed by atoms with Gasteiger partial charge in [-0.05, 0) is 5.92 Å². The first-order valence-electron chi connectivity index (χ1n) is 3.24. The lowest BCUT2D eigenvalue weighted by molar-refractivity contribution is -0.609. The smallest absolute Gasteiger partial charge is 0.289 e. The third-order valence-corrected chi connectivity index (χ3v) is 1.35. The molecule has 0 N–H and O–H groups in total. The van der Waals surface area contributed by atoms with Crippen molar-refractivity contribution in [1.29, 1.82) is 0 Å². The summed E-state index contributed by atoms with van der Waals surface area (Å²) >= 11 is 0. The predicted octanol–water partition coefficient (Wildman–Crippen LogP) is 0.838. The topological polar surface area (TPSA) is 39.8 Å². The highest BCUT2D eigenvalue weighted by molar-refractivity contribution is 5.04. The lowest BCUT2D eigenvalue weighted by atomic mass is 10.1. The van der Waals surface area contributed by atoms with Gasteiger partial charge in [-0.25, -0.2) is 4.73 Å². The Hall–Kier alpha value is -1.12. The Bertz CT molecular complexity index is 223. The van der Waals surface area contributed by atoms with Gasteiger partial charge in [0.25, 0.3) is 6.33 Å². The summed E-state index contributed by atoms with van der Waals surface area (Å²) in [7, 11) is 0. The van der Waals surface area contributed by atoms with Gasteiger partial charge in [0.2, 0.25) is 0 Å². The molecule has 1 aromatic rings. The van der Waals surface area contributed by atoms with Crippen LogP contribution in [0.15, 0.2) is 18.7 Å². The zero-order chi connectivity index (χ0) is 7.56. The molecule has 1 heterocycles. The Morgan fingerprint density at radius 3 is 2.70 bits per heavy atom. The summed E-state index contributed by atoms with van der Waals surface area (Å²) in [6, 6.07) is 0. The van der Waals surface area contributed by atoms with E-state index in [0.29, 0.717) is 5.92 Å². The van der Waals surface area contributed by atoms with E-state index in [4.69, 9.17) is 0 Å². The normalized spacial score (nSPS) is 10.3. The number of aromatic nitrogens is 2. The first kappa shape index (κ1) is 6.99. The van der Waals surface area contributed by atoms with Gasteiger partial charge in [0.15, 0.2) is 0 Å². The highest BCUT2D eigenvalue weighted by atomic mass is 16.5. The Labute approximate surface area is 59.9 Å². The summed E-state index contributed by atoms with van der Waals surface area (Å²) in [5.74, 6) is 0.369. The Kier molecular flexibility index (Phi) is 1.85. The molecule has 3 heteroatoms. The van der Waals surface area contributed by atoms with E-state index >= 15 is 0 Å². The van der Waals surface area contributed by atoms with Gasteiger partial charge in [0.05, 0.1) is 0 Å². The Morgan fingerprint density at radius 1 is 1.60 bits per heavy atom. The molecule has 0 fully saturated rings. The highest BCUT2D eigenvalue weighted by Crippen LogP contribution is 2.08. The largest absolute Gasteiger partial charge is 0.711 e. The van der Waals surface area contributed by atoms with Crippen molar-refractivity contribution >= 4 is 0 Å². The zero-order valence-electron chi connectivity index (χ0n) is 6.11. The molecule has 1 aromatic heterocycles. The molecule has 54 valence electrons. The average molecular weight is 138 g/mol. The number of hydrogen-bond donors (Lipinski definition) is 0. The van der Waals surface area contributed by atoms with Crippen LogP contribution >= 0.6 is 0 Å². The van der Waals surface area contributed by atoms with Crippen LogP contribution < -0.4 is 4.73 Å². The molecular weight excluding hydrogens is 128 g/mol. The van der Waals surface area contributed by atoms with E-state index < -0.39 is 0 Å². The fourth-order valence-electron chi connectivity index (χ4n) is 0.697. The monoisotopic (exact) mass is 138 g/mol. The highest BCUT2D eigenvalue weighted by Gasteiger charge is 2.01. The maximum absolute atomic E-state index is 10.6. The molecule has 0 aliphatic rings. The second-order valence-corrected chi connectivity index (χ2v) is 2.54. The third kappa shape index (κ3) is 1.43. The molecule has 0 aromatic carbocycles. The van der Waals surface area contributed by atoms with Crippen LogP contribution in [0.25, 0.3) is 0 Å². The molecular formula is C7H10N2O. The van der Waals surface area contributed by atoms with Gasteiger partial charge in [-0.15, -0.1) is 0 Å². The predicted molar refractivity (Wildman–Crippen MR) is 37.3 cm³/mol. The van der Waals surface area contributed by atoms with Crippen molar-refractivity contribution in [3.05, 3.63) is 29.5 Å². The first-order chi connectivity index (χ1) is 4.70. The van der Waals surface area contributed by atoms with Crippen molar-refractivity contribution in [1.82, 2.24) is 4.98 Å². The lowest BCUT2D eigenvalue weighted by Crippen LogP contribution is -2.26. The second kappa shape index (κ2) is 2.64. The van der Waals surface area contributed by atoms with Crippen molar-refractivity contribution < 1.29 is 4.73 Å². The van der Waals surface area contributed by atoms with Crippen molar-refractivity contribution in [2.75, 3.05) is 0 Å². The summed E-state index contributed by atoms with van der Waals surface area (Å²) in [5, 5.41) is 10.6. The molecule has 0 amide bonds. The minimum Gasteiger partial charge on any atom is -0.711 e. The van der Waals surface area contributed by atoms with Crippen LogP contribution in [0.5, 0.6) is 0 Å². The van der Waals surface area contributed by atoms with E-state index in [1.807, 2.05) is 13.8 Å². The van der Waals surface area contributed by atoms with Gasteiger partial charge in [-0.3, -0.25) is 0 Å². The van der Waals surface area contributed by atoms with E-state index in [1.165, 1.54) is 12.5 Å². The number of rotatable bonds is 1. The second-order valence-electron chi connectivity index (χ2n) is 2.54. The van der Waals surface area contributed by atoms with Crippen LogP contribution in [0, 0.1) is 5.21 Å². The lowest BCUT2D eigenvalue weighted by Gasteiger charge is -2.03. The molecule has 0 atom stereocenters. The summed E-state index contributed by atoms with van der Waals surface area (Å²) in [4.78, 5) is 3.76. The van der Waals surface area contributed by atoms with Gasteiger partial charge in [-0.2, -0.15) is 0 Å². The van der Waals surface area contributed by atoms with Gasteiger partial charge in [0, 0.05) is 5.56 Å². The Morgan fingerprint density at radius 2 is 2.30 bits per heavy atom. The van der Waals surface area contributed by atoms with Gasteiger partial charge >= 0.3 is 0 Å².